The fourth-order valence-corrected chi connectivity index (χ4v) is 2.12. The molecule has 102 valence electrons. The molecule has 0 saturated carbocycles. The van der Waals surface area contributed by atoms with E-state index < -0.39 is 0 Å². The maximum atomic E-state index is 11.3. The average Bonchev–Trinajstić information content (AvgIpc) is 2.48. The minimum absolute atomic E-state index is 0.0468. The third kappa shape index (κ3) is 2.46. The number of benzene rings is 1. The van der Waals surface area contributed by atoms with Crippen LogP contribution in [0.2, 0.25) is 0 Å². The van der Waals surface area contributed by atoms with Crippen LogP contribution in [0.4, 0.5) is 5.69 Å². The number of carbonyl (C=O) groups excluding carboxylic acids is 1. The van der Waals surface area contributed by atoms with Crippen LogP contribution in [0.25, 0.3) is 0 Å². The number of nitrogens with one attached hydrogen (secondary N) is 1. The van der Waals surface area contributed by atoms with Crippen molar-refractivity contribution < 1.29 is 9.53 Å². The zero-order valence-corrected chi connectivity index (χ0v) is 10.8. The Morgan fingerprint density at radius 3 is 3.05 bits per heavy atom. The van der Waals surface area contributed by atoms with E-state index >= 15 is 0 Å². The number of nitrogens with zero attached hydrogens (tertiary/aromatic N) is 2. The van der Waals surface area contributed by atoms with Crippen LogP contribution >= 0.6 is 0 Å². The number of amides is 1. The van der Waals surface area contributed by atoms with E-state index in [0.29, 0.717) is 31.0 Å². The number of fused-ring (bicyclic) bond motifs is 1. The number of anilines is 1. The first-order valence-corrected chi connectivity index (χ1v) is 6.37. The summed E-state index contributed by atoms with van der Waals surface area (Å²) in [4.78, 5) is 11.3. The third-order valence-electron chi connectivity index (χ3n) is 3.17. The van der Waals surface area contributed by atoms with Crippen LogP contribution in [0.1, 0.15) is 17.5 Å². The maximum absolute atomic E-state index is 11.3. The Labute approximate surface area is 116 Å². The summed E-state index contributed by atoms with van der Waals surface area (Å²) in [6.07, 6.45) is 2.79. The summed E-state index contributed by atoms with van der Waals surface area (Å²) in [5, 5.41) is 10.6. The summed E-state index contributed by atoms with van der Waals surface area (Å²) < 4.78 is 5.73. The average molecular weight is 270 g/mol. The van der Waals surface area contributed by atoms with Crippen LogP contribution in [0.3, 0.4) is 0 Å². The second kappa shape index (κ2) is 5.26. The summed E-state index contributed by atoms with van der Waals surface area (Å²) in [6.45, 7) is 0.339. The van der Waals surface area contributed by atoms with Gasteiger partial charge in [-0.25, -0.2) is 0 Å². The Morgan fingerprint density at radius 2 is 2.20 bits per heavy atom. The van der Waals surface area contributed by atoms with Gasteiger partial charge in [0.25, 0.3) is 0 Å². The molecule has 0 aliphatic carbocycles. The van der Waals surface area contributed by atoms with Gasteiger partial charge in [-0.2, -0.15) is 5.10 Å². The number of carbonyl (C=O) groups is 1. The molecule has 0 radical (unpaired) electrons. The van der Waals surface area contributed by atoms with Gasteiger partial charge in [-0.05, 0) is 36.2 Å². The molecule has 0 fully saturated rings. The third-order valence-corrected chi connectivity index (χ3v) is 3.17. The Morgan fingerprint density at radius 1 is 1.30 bits per heavy atom. The van der Waals surface area contributed by atoms with Crippen molar-refractivity contribution in [2.45, 2.75) is 19.4 Å². The first-order chi connectivity index (χ1) is 9.76. The van der Waals surface area contributed by atoms with E-state index in [1.807, 2.05) is 12.1 Å². The molecule has 2 aromatic rings. The van der Waals surface area contributed by atoms with Crippen LogP contribution in [0, 0.1) is 0 Å². The first kappa shape index (κ1) is 12.6. The van der Waals surface area contributed by atoms with Gasteiger partial charge >= 0.3 is 0 Å². The minimum Gasteiger partial charge on any atom is -0.437 e. The van der Waals surface area contributed by atoms with Crippen molar-refractivity contribution in [2.24, 2.45) is 5.73 Å². The number of ether oxygens (including phenoxy) is 1. The van der Waals surface area contributed by atoms with Gasteiger partial charge in [0.1, 0.15) is 5.75 Å². The number of aromatic nitrogens is 2. The van der Waals surface area contributed by atoms with Crippen LogP contribution < -0.4 is 15.8 Å². The van der Waals surface area contributed by atoms with Gasteiger partial charge in [-0.3, -0.25) is 4.79 Å². The highest BCUT2D eigenvalue weighted by Crippen LogP contribution is 2.29. The van der Waals surface area contributed by atoms with Crippen molar-refractivity contribution in [1.82, 2.24) is 10.2 Å². The lowest BCUT2D eigenvalue weighted by Crippen LogP contribution is -2.18. The molecule has 2 heterocycles. The zero-order valence-electron chi connectivity index (χ0n) is 10.8. The van der Waals surface area contributed by atoms with Gasteiger partial charge in [0.05, 0.1) is 6.20 Å². The van der Waals surface area contributed by atoms with Gasteiger partial charge in [0.15, 0.2) is 0 Å². The smallest absolute Gasteiger partial charge is 0.243 e. The van der Waals surface area contributed by atoms with E-state index in [1.165, 1.54) is 0 Å². The van der Waals surface area contributed by atoms with Crippen molar-refractivity contribution >= 4 is 11.6 Å². The van der Waals surface area contributed by atoms with E-state index in [-0.39, 0.29) is 5.91 Å². The van der Waals surface area contributed by atoms with E-state index in [1.54, 1.807) is 18.3 Å². The van der Waals surface area contributed by atoms with Crippen molar-refractivity contribution in [1.29, 1.82) is 0 Å². The predicted octanol–water partition coefficient (Wildman–Crippen LogP) is 1.61. The molecule has 0 spiro atoms. The molecule has 0 atom stereocenters. The molecule has 1 aliphatic rings. The lowest BCUT2D eigenvalue weighted by molar-refractivity contribution is -0.116. The van der Waals surface area contributed by atoms with Crippen LogP contribution in [-0.4, -0.2) is 16.1 Å². The summed E-state index contributed by atoms with van der Waals surface area (Å²) >= 11 is 0. The normalized spacial score (nSPS) is 13.6. The van der Waals surface area contributed by atoms with Crippen molar-refractivity contribution in [3.63, 3.8) is 0 Å². The fourth-order valence-electron chi connectivity index (χ4n) is 2.12. The van der Waals surface area contributed by atoms with Crippen molar-refractivity contribution in [3.8, 4) is 11.6 Å². The van der Waals surface area contributed by atoms with Gasteiger partial charge in [0.2, 0.25) is 11.8 Å². The largest absolute Gasteiger partial charge is 0.437 e. The molecule has 3 N–H and O–H groups in total. The Balaban J connectivity index is 1.87. The highest BCUT2D eigenvalue weighted by Gasteiger charge is 2.15. The zero-order chi connectivity index (χ0) is 13.9. The van der Waals surface area contributed by atoms with E-state index in [9.17, 15) is 4.79 Å². The van der Waals surface area contributed by atoms with Crippen LogP contribution in [0.15, 0.2) is 30.5 Å². The highest BCUT2D eigenvalue weighted by molar-refractivity contribution is 5.94. The van der Waals surface area contributed by atoms with Gasteiger partial charge in [0, 0.05) is 24.2 Å². The minimum atomic E-state index is 0.0468. The SMILES string of the molecule is NCc1ccnnc1Oc1ccc2c(c1)CCC(=O)N2. The number of rotatable bonds is 3. The number of aryl methyl sites for hydroxylation is 1. The quantitative estimate of drug-likeness (QED) is 0.884. The number of hydrogen-bond acceptors (Lipinski definition) is 5. The van der Waals surface area contributed by atoms with Gasteiger partial charge < -0.3 is 15.8 Å². The van der Waals surface area contributed by atoms with Crippen LogP contribution in [0.5, 0.6) is 11.6 Å². The molecule has 0 unspecified atom stereocenters. The second-order valence-corrected chi connectivity index (χ2v) is 4.53. The molecule has 20 heavy (non-hydrogen) atoms. The molecule has 6 nitrogen and oxygen atoms in total. The monoisotopic (exact) mass is 270 g/mol. The van der Waals surface area contributed by atoms with Crippen molar-refractivity contribution in [2.75, 3.05) is 5.32 Å². The molecular formula is C14H14N4O2. The fraction of sp³-hybridized carbons (Fsp3) is 0.214. The molecule has 0 bridgehead atoms. The molecule has 0 saturated heterocycles. The summed E-state index contributed by atoms with van der Waals surface area (Å²) in [5.41, 5.74) is 8.33. The number of nitrogens with two attached hydrogens (primary N) is 1. The highest BCUT2D eigenvalue weighted by atomic mass is 16.5. The lowest BCUT2D eigenvalue weighted by atomic mass is 10.0. The topological polar surface area (TPSA) is 90.1 Å². The molecule has 1 amide bonds. The standard InChI is InChI=1S/C14H14N4O2/c15-8-10-5-6-16-18-14(10)20-11-2-3-12-9(7-11)1-4-13(19)17-12/h2-3,5-7H,1,4,8,15H2,(H,17,19). The molecular weight excluding hydrogens is 256 g/mol. The Bertz CT molecular complexity index is 657. The van der Waals surface area contributed by atoms with Gasteiger partial charge in [-0.15, -0.1) is 5.10 Å². The van der Waals surface area contributed by atoms with Gasteiger partial charge in [-0.1, -0.05) is 0 Å². The Hall–Kier alpha value is -2.47. The number of hydrogen-bond donors (Lipinski definition) is 2. The first-order valence-electron chi connectivity index (χ1n) is 6.37. The Kier molecular flexibility index (Phi) is 3.30. The lowest BCUT2D eigenvalue weighted by Gasteiger charge is -2.17. The van der Waals surface area contributed by atoms with E-state index in [0.717, 1.165) is 16.8 Å². The van der Waals surface area contributed by atoms with Crippen LogP contribution in [-0.2, 0) is 17.8 Å². The predicted molar refractivity (Wildman–Crippen MR) is 73.4 cm³/mol. The summed E-state index contributed by atoms with van der Waals surface area (Å²) in [7, 11) is 0. The van der Waals surface area contributed by atoms with Crippen molar-refractivity contribution in [3.05, 3.63) is 41.6 Å². The molecule has 6 heteroatoms. The molecule has 1 aliphatic heterocycles. The molecule has 3 rings (SSSR count). The molecule has 1 aromatic carbocycles. The second-order valence-electron chi connectivity index (χ2n) is 4.53. The maximum Gasteiger partial charge on any atom is 0.243 e. The summed E-state index contributed by atoms with van der Waals surface area (Å²) in [6, 6.07) is 7.31. The molecule has 1 aromatic heterocycles. The summed E-state index contributed by atoms with van der Waals surface area (Å²) in [5.74, 6) is 1.12. The van der Waals surface area contributed by atoms with E-state index in [2.05, 4.69) is 15.5 Å². The van der Waals surface area contributed by atoms with E-state index in [4.69, 9.17) is 10.5 Å².